The van der Waals surface area contributed by atoms with Gasteiger partial charge in [0.05, 0.1) is 18.8 Å². The first-order chi connectivity index (χ1) is 12.5. The molecule has 2 heterocycles. The van der Waals surface area contributed by atoms with Crippen LogP contribution in [-0.2, 0) is 14.3 Å². The highest BCUT2D eigenvalue weighted by molar-refractivity contribution is 5.99. The van der Waals surface area contributed by atoms with Crippen LogP contribution in [0.15, 0.2) is 30.4 Å². The van der Waals surface area contributed by atoms with Crippen LogP contribution < -0.4 is 5.32 Å². The van der Waals surface area contributed by atoms with Gasteiger partial charge in [-0.3, -0.25) is 14.6 Å². The van der Waals surface area contributed by atoms with Crippen molar-refractivity contribution >= 4 is 17.6 Å². The van der Waals surface area contributed by atoms with Gasteiger partial charge in [-0.25, -0.2) is 4.98 Å². The Hall–Kier alpha value is -2.44. The van der Waals surface area contributed by atoms with E-state index in [1.165, 1.54) is 31.3 Å². The lowest BCUT2D eigenvalue weighted by molar-refractivity contribution is -0.134. The summed E-state index contributed by atoms with van der Waals surface area (Å²) in [5, 5.41) is 2.80. The van der Waals surface area contributed by atoms with E-state index in [0.29, 0.717) is 30.5 Å². The summed E-state index contributed by atoms with van der Waals surface area (Å²) in [5.41, 5.74) is 0. The lowest BCUT2D eigenvalue weighted by Crippen LogP contribution is -2.46. The van der Waals surface area contributed by atoms with Gasteiger partial charge in [0.15, 0.2) is 5.82 Å². The molecule has 1 saturated carbocycles. The van der Waals surface area contributed by atoms with Crippen molar-refractivity contribution in [1.82, 2.24) is 14.9 Å². The Bertz CT molecular complexity index is 669. The minimum absolute atomic E-state index is 0.00398. The number of carbonyl (C=O) groups is 2. The Morgan fingerprint density at radius 1 is 1.35 bits per heavy atom. The molecule has 1 unspecified atom stereocenters. The molecule has 3 rings (SSSR count). The standard InChI is InChI=1S/C19H26N4O3/c1-13(2)26-15-10-18(24)23(12-15)16(9-14-5-3-4-6-14)19(25)22-17-11-20-7-8-21-17/h7-8,10-11,13-14,16H,3-6,9,12H2,1-2H3,(H,21,22,25). The number of rotatable bonds is 7. The molecule has 1 atom stereocenters. The second kappa shape index (κ2) is 8.29. The highest BCUT2D eigenvalue weighted by atomic mass is 16.5. The topological polar surface area (TPSA) is 84.4 Å². The SMILES string of the molecule is CC(C)OC1=CC(=O)N(C(CC2CCCC2)C(=O)Nc2cnccn2)C1. The normalized spacial score (nSPS) is 19.0. The van der Waals surface area contributed by atoms with Crippen LogP contribution in [0.1, 0.15) is 46.0 Å². The minimum Gasteiger partial charge on any atom is -0.493 e. The lowest BCUT2D eigenvalue weighted by Gasteiger charge is -2.29. The minimum atomic E-state index is -0.530. The first-order valence-electron chi connectivity index (χ1n) is 9.27. The number of nitrogens with one attached hydrogen (secondary N) is 1. The summed E-state index contributed by atoms with van der Waals surface area (Å²) in [7, 11) is 0. The van der Waals surface area contributed by atoms with Crippen LogP contribution in [0, 0.1) is 5.92 Å². The largest absolute Gasteiger partial charge is 0.493 e. The Labute approximate surface area is 153 Å². The summed E-state index contributed by atoms with van der Waals surface area (Å²) < 4.78 is 5.67. The Morgan fingerprint density at radius 2 is 2.12 bits per heavy atom. The number of nitrogens with zero attached hydrogens (tertiary/aromatic N) is 3. The number of amides is 2. The van der Waals surface area contributed by atoms with E-state index in [2.05, 4.69) is 15.3 Å². The van der Waals surface area contributed by atoms with Gasteiger partial charge in [-0.2, -0.15) is 0 Å². The maximum Gasteiger partial charge on any atom is 0.251 e. The van der Waals surface area contributed by atoms with Gasteiger partial charge in [0.25, 0.3) is 5.91 Å². The maximum absolute atomic E-state index is 12.9. The molecule has 0 radical (unpaired) electrons. The van der Waals surface area contributed by atoms with Gasteiger partial charge >= 0.3 is 0 Å². The predicted molar refractivity (Wildman–Crippen MR) is 97.0 cm³/mol. The van der Waals surface area contributed by atoms with Gasteiger partial charge < -0.3 is 15.0 Å². The molecule has 0 spiro atoms. The summed E-state index contributed by atoms with van der Waals surface area (Å²) in [6.45, 7) is 4.18. The number of anilines is 1. The monoisotopic (exact) mass is 358 g/mol. The van der Waals surface area contributed by atoms with E-state index in [1.807, 2.05) is 13.8 Å². The van der Waals surface area contributed by atoms with Crippen LogP contribution in [0.25, 0.3) is 0 Å². The summed E-state index contributed by atoms with van der Waals surface area (Å²) in [5.74, 6) is 1.10. The number of hydrogen-bond donors (Lipinski definition) is 1. The number of carbonyl (C=O) groups excluding carboxylic acids is 2. The van der Waals surface area contributed by atoms with Crippen molar-refractivity contribution in [3.05, 3.63) is 30.4 Å². The van der Waals surface area contributed by atoms with Crippen molar-refractivity contribution < 1.29 is 14.3 Å². The fourth-order valence-electron chi connectivity index (χ4n) is 3.66. The number of aromatic nitrogens is 2. The van der Waals surface area contributed by atoms with E-state index in [1.54, 1.807) is 11.1 Å². The zero-order valence-electron chi connectivity index (χ0n) is 15.4. The predicted octanol–water partition coefficient (Wildman–Crippen LogP) is 2.52. The first kappa shape index (κ1) is 18.4. The fraction of sp³-hybridized carbons (Fsp3) is 0.579. The van der Waals surface area contributed by atoms with Crippen LogP contribution in [0.3, 0.4) is 0 Å². The highest BCUT2D eigenvalue weighted by Gasteiger charge is 2.36. The third-order valence-corrected chi connectivity index (χ3v) is 4.81. The zero-order chi connectivity index (χ0) is 18.5. The molecule has 1 N–H and O–H groups in total. The van der Waals surface area contributed by atoms with Crippen molar-refractivity contribution in [3.63, 3.8) is 0 Å². The maximum atomic E-state index is 12.9. The smallest absolute Gasteiger partial charge is 0.251 e. The average molecular weight is 358 g/mol. The second-order valence-electron chi connectivity index (χ2n) is 7.23. The number of hydrogen-bond acceptors (Lipinski definition) is 5. The van der Waals surface area contributed by atoms with Gasteiger partial charge in [0.1, 0.15) is 11.8 Å². The molecule has 140 valence electrons. The third kappa shape index (κ3) is 4.59. The van der Waals surface area contributed by atoms with E-state index < -0.39 is 6.04 Å². The molecule has 2 aliphatic rings. The molecule has 1 aliphatic heterocycles. The fourth-order valence-corrected chi connectivity index (χ4v) is 3.66. The van der Waals surface area contributed by atoms with Crippen LogP contribution in [0.5, 0.6) is 0 Å². The molecule has 7 nitrogen and oxygen atoms in total. The molecule has 1 aliphatic carbocycles. The quantitative estimate of drug-likeness (QED) is 0.809. The van der Waals surface area contributed by atoms with Crippen LogP contribution in [0.2, 0.25) is 0 Å². The number of ether oxygens (including phenoxy) is 1. The summed E-state index contributed by atoms with van der Waals surface area (Å²) >= 11 is 0. The van der Waals surface area contributed by atoms with Crippen molar-refractivity contribution in [2.45, 2.75) is 58.1 Å². The van der Waals surface area contributed by atoms with Crippen LogP contribution in [-0.4, -0.2) is 45.4 Å². The Morgan fingerprint density at radius 3 is 2.77 bits per heavy atom. The molecule has 1 aromatic heterocycles. The van der Waals surface area contributed by atoms with Gasteiger partial charge in [0, 0.05) is 18.5 Å². The molecule has 1 fully saturated rings. The Kier molecular flexibility index (Phi) is 5.85. The molecule has 1 aromatic rings. The molecule has 0 saturated heterocycles. The highest BCUT2D eigenvalue weighted by Crippen LogP contribution is 2.31. The van der Waals surface area contributed by atoms with Gasteiger partial charge in [-0.05, 0) is 26.2 Å². The van der Waals surface area contributed by atoms with E-state index in [9.17, 15) is 9.59 Å². The van der Waals surface area contributed by atoms with E-state index in [-0.39, 0.29) is 17.9 Å². The van der Waals surface area contributed by atoms with Crippen LogP contribution >= 0.6 is 0 Å². The molecule has 26 heavy (non-hydrogen) atoms. The van der Waals surface area contributed by atoms with Crippen molar-refractivity contribution in [1.29, 1.82) is 0 Å². The summed E-state index contributed by atoms with van der Waals surface area (Å²) in [6.07, 6.45) is 11.3. The van der Waals surface area contributed by atoms with Crippen LogP contribution in [0.4, 0.5) is 5.82 Å². The van der Waals surface area contributed by atoms with E-state index in [4.69, 9.17) is 4.74 Å². The molecule has 0 bridgehead atoms. The summed E-state index contributed by atoms with van der Waals surface area (Å²) in [4.78, 5) is 35.1. The van der Waals surface area contributed by atoms with Gasteiger partial charge in [0.2, 0.25) is 5.91 Å². The van der Waals surface area contributed by atoms with Crippen molar-refractivity contribution in [3.8, 4) is 0 Å². The van der Waals surface area contributed by atoms with E-state index in [0.717, 1.165) is 12.8 Å². The second-order valence-corrected chi connectivity index (χ2v) is 7.23. The molecule has 2 amide bonds. The van der Waals surface area contributed by atoms with Gasteiger partial charge in [-0.15, -0.1) is 0 Å². The average Bonchev–Trinajstić information content (AvgIpc) is 3.22. The third-order valence-electron chi connectivity index (χ3n) is 4.81. The van der Waals surface area contributed by atoms with Gasteiger partial charge in [-0.1, -0.05) is 25.7 Å². The molecule has 0 aromatic carbocycles. The summed E-state index contributed by atoms with van der Waals surface area (Å²) in [6, 6.07) is -0.530. The first-order valence-corrected chi connectivity index (χ1v) is 9.27. The van der Waals surface area contributed by atoms with E-state index >= 15 is 0 Å². The zero-order valence-corrected chi connectivity index (χ0v) is 15.4. The molecule has 7 heteroatoms. The van der Waals surface area contributed by atoms with Crippen molar-refractivity contribution in [2.24, 2.45) is 5.92 Å². The van der Waals surface area contributed by atoms with Crippen molar-refractivity contribution in [2.75, 3.05) is 11.9 Å². The Balaban J connectivity index is 1.73. The lowest BCUT2D eigenvalue weighted by atomic mass is 9.97. The molecular weight excluding hydrogens is 332 g/mol. The molecular formula is C19H26N4O3.